The van der Waals surface area contributed by atoms with E-state index in [-0.39, 0.29) is 37.7 Å². The topological polar surface area (TPSA) is 86.8 Å². The fourth-order valence-corrected chi connectivity index (χ4v) is 5.41. The van der Waals surface area contributed by atoms with Crippen LogP contribution >= 0.6 is 23.2 Å². The van der Waals surface area contributed by atoms with Gasteiger partial charge in [0.15, 0.2) is 0 Å². The Labute approximate surface area is 231 Å². The van der Waals surface area contributed by atoms with Gasteiger partial charge in [-0.3, -0.25) is 13.9 Å². The van der Waals surface area contributed by atoms with E-state index in [0.29, 0.717) is 27.8 Å². The number of nitrogens with one attached hydrogen (secondary N) is 1. The average Bonchev–Trinajstić information content (AvgIpc) is 2.82. The third-order valence-electron chi connectivity index (χ3n) is 6.14. The van der Waals surface area contributed by atoms with Crippen molar-refractivity contribution < 1.29 is 18.0 Å². The van der Waals surface area contributed by atoms with Crippen molar-refractivity contribution in [2.45, 2.75) is 66.0 Å². The Kier molecular flexibility index (Phi) is 11.7. The largest absolute Gasteiger partial charge is 0.354 e. The van der Waals surface area contributed by atoms with Crippen LogP contribution in [0.2, 0.25) is 10.0 Å². The first kappa shape index (κ1) is 30.9. The summed E-state index contributed by atoms with van der Waals surface area (Å²) >= 11 is 12.4. The monoisotopic (exact) mass is 569 g/mol. The number of carbonyl (C=O) groups is 2. The van der Waals surface area contributed by atoms with Gasteiger partial charge in [-0.15, -0.1) is 0 Å². The van der Waals surface area contributed by atoms with Gasteiger partial charge in [-0.25, -0.2) is 8.42 Å². The van der Waals surface area contributed by atoms with Crippen LogP contribution in [0.5, 0.6) is 0 Å². The molecule has 7 nitrogen and oxygen atoms in total. The minimum absolute atomic E-state index is 0.0642. The molecule has 2 aromatic carbocycles. The lowest BCUT2D eigenvalue weighted by atomic mass is 10.1. The molecule has 10 heteroatoms. The lowest BCUT2D eigenvalue weighted by Gasteiger charge is -2.30. The Morgan fingerprint density at radius 2 is 1.76 bits per heavy atom. The van der Waals surface area contributed by atoms with Crippen LogP contribution in [0.25, 0.3) is 0 Å². The number of anilines is 1. The molecule has 0 saturated heterocycles. The highest BCUT2D eigenvalue weighted by Crippen LogP contribution is 2.26. The van der Waals surface area contributed by atoms with Gasteiger partial charge in [0, 0.05) is 36.1 Å². The van der Waals surface area contributed by atoms with Crippen molar-refractivity contribution in [3.63, 3.8) is 0 Å². The van der Waals surface area contributed by atoms with Crippen molar-refractivity contribution in [2.75, 3.05) is 23.7 Å². The van der Waals surface area contributed by atoms with Crippen molar-refractivity contribution in [3.05, 3.63) is 63.1 Å². The summed E-state index contributed by atoms with van der Waals surface area (Å²) in [4.78, 5) is 27.7. The minimum atomic E-state index is -3.56. The molecule has 37 heavy (non-hydrogen) atoms. The van der Waals surface area contributed by atoms with Gasteiger partial charge in [0.2, 0.25) is 21.8 Å². The number of benzene rings is 2. The maximum Gasteiger partial charge on any atom is 0.242 e. The Bertz CT molecular complexity index is 1200. The van der Waals surface area contributed by atoms with E-state index in [4.69, 9.17) is 23.2 Å². The van der Waals surface area contributed by atoms with E-state index in [9.17, 15) is 18.0 Å². The average molecular weight is 571 g/mol. The van der Waals surface area contributed by atoms with Crippen molar-refractivity contribution in [1.82, 2.24) is 10.2 Å². The van der Waals surface area contributed by atoms with Gasteiger partial charge in [-0.2, -0.15) is 0 Å². The van der Waals surface area contributed by atoms with Crippen LogP contribution in [-0.4, -0.2) is 50.5 Å². The van der Waals surface area contributed by atoms with Crippen molar-refractivity contribution in [3.8, 4) is 0 Å². The molecule has 1 unspecified atom stereocenters. The molecular formula is C27H37Cl2N3O4S. The van der Waals surface area contributed by atoms with E-state index >= 15 is 0 Å². The highest BCUT2D eigenvalue weighted by molar-refractivity contribution is 7.92. The zero-order valence-corrected chi connectivity index (χ0v) is 24.5. The van der Waals surface area contributed by atoms with Crippen molar-refractivity contribution in [2.24, 2.45) is 0 Å². The third kappa shape index (κ3) is 9.20. The van der Waals surface area contributed by atoms with Gasteiger partial charge in [-0.05, 0) is 68.5 Å². The molecule has 0 radical (unpaired) electrons. The number of halogens is 2. The molecule has 1 N–H and O–H groups in total. The van der Waals surface area contributed by atoms with Crippen LogP contribution < -0.4 is 9.62 Å². The van der Waals surface area contributed by atoms with Crippen LogP contribution in [-0.2, 0) is 26.2 Å². The van der Waals surface area contributed by atoms with Gasteiger partial charge >= 0.3 is 0 Å². The number of sulfonamides is 1. The lowest BCUT2D eigenvalue weighted by molar-refractivity contribution is -0.140. The van der Waals surface area contributed by atoms with Crippen molar-refractivity contribution in [1.29, 1.82) is 0 Å². The number of nitrogens with zero attached hydrogens (tertiary/aromatic N) is 2. The predicted molar refractivity (Wildman–Crippen MR) is 152 cm³/mol. The SMILES string of the molecule is CCCCNC(=O)C(C)N(Cc1ccc(Cl)cc1Cl)C(=O)CCCN(c1cc(C)ccc1C)S(C)(=O)=O. The summed E-state index contributed by atoms with van der Waals surface area (Å²) in [6.45, 7) is 8.27. The van der Waals surface area contributed by atoms with E-state index in [1.54, 1.807) is 25.1 Å². The van der Waals surface area contributed by atoms with Gasteiger partial charge in [0.25, 0.3) is 0 Å². The Hall–Kier alpha value is -2.29. The Morgan fingerprint density at radius 3 is 2.38 bits per heavy atom. The fraction of sp³-hybridized carbons (Fsp3) is 0.481. The summed E-state index contributed by atoms with van der Waals surface area (Å²) in [5, 5.41) is 3.76. The summed E-state index contributed by atoms with van der Waals surface area (Å²) in [6, 6.07) is 9.92. The van der Waals surface area contributed by atoms with Gasteiger partial charge in [-0.1, -0.05) is 54.7 Å². The normalized spacial score (nSPS) is 12.2. The van der Waals surface area contributed by atoms with E-state index < -0.39 is 16.1 Å². The number of carbonyl (C=O) groups excluding carboxylic acids is 2. The highest BCUT2D eigenvalue weighted by Gasteiger charge is 2.27. The molecule has 2 rings (SSSR count). The first-order valence-corrected chi connectivity index (χ1v) is 15.0. The number of amides is 2. The maximum atomic E-state index is 13.4. The van der Waals surface area contributed by atoms with Crippen LogP contribution in [0.4, 0.5) is 5.69 Å². The lowest BCUT2D eigenvalue weighted by Crippen LogP contribution is -2.48. The molecule has 0 spiro atoms. The molecule has 0 fully saturated rings. The van der Waals surface area contributed by atoms with Gasteiger partial charge in [0.1, 0.15) is 6.04 Å². The van der Waals surface area contributed by atoms with E-state index in [0.717, 1.165) is 30.2 Å². The molecule has 0 aromatic heterocycles. The quantitative estimate of drug-likeness (QED) is 0.323. The standard InChI is InChI=1S/C27H37Cl2N3O4S/c1-6-7-14-30-27(34)21(4)31(18-22-12-13-23(28)17-24(22)29)26(33)9-8-15-32(37(5,35)36)25-16-19(2)10-11-20(25)3/h10-13,16-17,21H,6-9,14-15,18H2,1-5H3,(H,30,34). The molecule has 1 atom stereocenters. The molecule has 0 aliphatic rings. The number of aryl methyl sites for hydroxylation is 2. The highest BCUT2D eigenvalue weighted by atomic mass is 35.5. The molecule has 204 valence electrons. The number of unbranched alkanes of at least 4 members (excludes halogenated alkanes) is 1. The van der Waals surface area contributed by atoms with Gasteiger partial charge < -0.3 is 10.2 Å². The molecular weight excluding hydrogens is 533 g/mol. The summed E-state index contributed by atoms with van der Waals surface area (Å²) in [5.74, 6) is -0.515. The molecule has 2 amide bonds. The molecule has 0 aliphatic carbocycles. The number of hydrogen-bond acceptors (Lipinski definition) is 4. The fourth-order valence-electron chi connectivity index (χ4n) is 3.92. The van der Waals surface area contributed by atoms with E-state index in [1.165, 1.54) is 9.21 Å². The predicted octanol–water partition coefficient (Wildman–Crippen LogP) is 5.49. The molecule has 0 saturated carbocycles. The smallest absolute Gasteiger partial charge is 0.242 e. The van der Waals surface area contributed by atoms with Crippen LogP contribution in [0, 0.1) is 13.8 Å². The summed E-state index contributed by atoms with van der Waals surface area (Å²) in [5.41, 5.74) is 3.04. The zero-order valence-electron chi connectivity index (χ0n) is 22.2. The second kappa shape index (κ2) is 14.0. The summed E-state index contributed by atoms with van der Waals surface area (Å²) in [7, 11) is -3.56. The van der Waals surface area contributed by atoms with E-state index in [1.807, 2.05) is 39.0 Å². The zero-order chi connectivity index (χ0) is 27.8. The van der Waals surface area contributed by atoms with Crippen LogP contribution in [0.15, 0.2) is 36.4 Å². The van der Waals surface area contributed by atoms with Gasteiger partial charge in [0.05, 0.1) is 11.9 Å². The summed E-state index contributed by atoms with van der Waals surface area (Å²) in [6.07, 6.45) is 3.29. The minimum Gasteiger partial charge on any atom is -0.354 e. The molecule has 0 aliphatic heterocycles. The second-order valence-corrected chi connectivity index (χ2v) is 12.1. The van der Waals surface area contributed by atoms with Crippen LogP contribution in [0.3, 0.4) is 0 Å². The Morgan fingerprint density at radius 1 is 1.05 bits per heavy atom. The number of hydrogen-bond donors (Lipinski definition) is 1. The van der Waals surface area contributed by atoms with E-state index in [2.05, 4.69) is 5.32 Å². The molecule has 0 heterocycles. The second-order valence-electron chi connectivity index (χ2n) is 9.31. The summed E-state index contributed by atoms with van der Waals surface area (Å²) < 4.78 is 26.5. The third-order valence-corrected chi connectivity index (χ3v) is 7.91. The molecule has 0 bridgehead atoms. The first-order chi connectivity index (χ1) is 17.3. The number of rotatable bonds is 13. The Balaban J connectivity index is 2.22. The molecule has 2 aromatic rings. The van der Waals surface area contributed by atoms with Crippen molar-refractivity contribution >= 4 is 50.7 Å². The maximum absolute atomic E-state index is 13.4. The van der Waals surface area contributed by atoms with Crippen LogP contribution in [0.1, 0.15) is 56.2 Å². The first-order valence-electron chi connectivity index (χ1n) is 12.4.